The lowest BCUT2D eigenvalue weighted by molar-refractivity contribution is -0.0497. The molecule has 0 bridgehead atoms. The number of amides is 2. The smallest absolute Gasteiger partial charge is 0.317 e. The van der Waals surface area contributed by atoms with Gasteiger partial charge in [0.05, 0.1) is 12.6 Å². The zero-order valence-electron chi connectivity index (χ0n) is 14.1. The van der Waals surface area contributed by atoms with Gasteiger partial charge in [-0.25, -0.2) is 14.8 Å². The molecule has 0 spiro atoms. The Kier molecular flexibility index (Phi) is 5.83. The highest BCUT2D eigenvalue weighted by molar-refractivity contribution is 6.30. The van der Waals surface area contributed by atoms with Crippen LogP contribution in [0.3, 0.4) is 0 Å². The van der Waals surface area contributed by atoms with Crippen LogP contribution in [0.15, 0.2) is 43.0 Å². The van der Waals surface area contributed by atoms with Gasteiger partial charge in [0.15, 0.2) is 0 Å². The number of rotatable bonds is 4. The maximum Gasteiger partial charge on any atom is 0.317 e. The molecule has 0 aliphatic carbocycles. The molecule has 0 radical (unpaired) electrons. The van der Waals surface area contributed by atoms with Crippen molar-refractivity contribution in [3.63, 3.8) is 0 Å². The molecule has 6 nitrogen and oxygen atoms in total. The van der Waals surface area contributed by atoms with Crippen molar-refractivity contribution in [2.75, 3.05) is 19.7 Å². The topological polar surface area (TPSA) is 67.3 Å². The molecule has 25 heavy (non-hydrogen) atoms. The van der Waals surface area contributed by atoms with E-state index in [9.17, 15) is 4.79 Å². The summed E-state index contributed by atoms with van der Waals surface area (Å²) in [4.78, 5) is 22.3. The fourth-order valence-corrected chi connectivity index (χ4v) is 3.20. The highest BCUT2D eigenvalue weighted by atomic mass is 35.5. The predicted molar refractivity (Wildman–Crippen MR) is 95.4 cm³/mol. The Morgan fingerprint density at radius 2 is 2.20 bits per heavy atom. The number of morpholine rings is 1. The van der Waals surface area contributed by atoms with Crippen LogP contribution < -0.4 is 5.32 Å². The van der Waals surface area contributed by atoms with Crippen LogP contribution in [-0.2, 0) is 11.2 Å². The van der Waals surface area contributed by atoms with Gasteiger partial charge < -0.3 is 15.0 Å². The molecule has 1 N–H and O–H groups in total. The van der Waals surface area contributed by atoms with E-state index in [0.29, 0.717) is 31.1 Å². The predicted octanol–water partition coefficient (Wildman–Crippen LogP) is 2.84. The second-order valence-electron chi connectivity index (χ2n) is 6.01. The Balaban J connectivity index is 1.58. The van der Waals surface area contributed by atoms with Gasteiger partial charge in [0.25, 0.3) is 0 Å². The largest absolute Gasteiger partial charge is 0.370 e. The first-order valence-corrected chi connectivity index (χ1v) is 8.68. The highest BCUT2D eigenvalue weighted by Crippen LogP contribution is 2.29. The molecule has 2 heterocycles. The minimum Gasteiger partial charge on any atom is -0.370 e. The van der Waals surface area contributed by atoms with Crippen LogP contribution in [0.25, 0.3) is 0 Å². The molecule has 7 heteroatoms. The molecule has 2 aromatic rings. The van der Waals surface area contributed by atoms with Crippen LogP contribution in [0.2, 0.25) is 5.02 Å². The zero-order chi connectivity index (χ0) is 17.6. The summed E-state index contributed by atoms with van der Waals surface area (Å²) in [5, 5.41) is 3.63. The van der Waals surface area contributed by atoms with Crippen molar-refractivity contribution in [3.05, 3.63) is 59.1 Å². The van der Waals surface area contributed by atoms with Gasteiger partial charge in [-0.05, 0) is 36.6 Å². The van der Waals surface area contributed by atoms with E-state index in [4.69, 9.17) is 16.3 Å². The summed E-state index contributed by atoms with van der Waals surface area (Å²) >= 11 is 6.08. The molecule has 1 aliphatic rings. The fraction of sp³-hybridized carbons (Fsp3) is 0.389. The maximum atomic E-state index is 12.5. The number of urea groups is 1. The van der Waals surface area contributed by atoms with Crippen LogP contribution in [-0.4, -0.2) is 46.6 Å². The second-order valence-corrected chi connectivity index (χ2v) is 6.45. The zero-order valence-corrected chi connectivity index (χ0v) is 14.8. The lowest BCUT2D eigenvalue weighted by Gasteiger charge is -2.39. The van der Waals surface area contributed by atoms with Crippen molar-refractivity contribution in [2.24, 2.45) is 0 Å². The number of ether oxygens (including phenoxy) is 1. The molecular weight excluding hydrogens is 340 g/mol. The van der Waals surface area contributed by atoms with Gasteiger partial charge in [-0.15, -0.1) is 0 Å². The summed E-state index contributed by atoms with van der Waals surface area (Å²) in [6.45, 7) is 3.60. The number of aromatic nitrogens is 2. The average molecular weight is 361 g/mol. The minimum atomic E-state index is -0.180. The monoisotopic (exact) mass is 360 g/mol. The van der Waals surface area contributed by atoms with Crippen molar-refractivity contribution in [1.82, 2.24) is 20.2 Å². The molecule has 1 saturated heterocycles. The van der Waals surface area contributed by atoms with Crippen LogP contribution >= 0.6 is 11.6 Å². The number of benzene rings is 1. The van der Waals surface area contributed by atoms with Gasteiger partial charge in [-0.3, -0.25) is 0 Å². The first kappa shape index (κ1) is 17.6. The summed E-state index contributed by atoms with van der Waals surface area (Å²) in [6, 6.07) is 7.43. The summed E-state index contributed by atoms with van der Waals surface area (Å²) in [6.07, 6.45) is 5.52. The lowest BCUT2D eigenvalue weighted by atomic mass is 10.0. The number of hydrogen-bond acceptors (Lipinski definition) is 4. The first-order valence-electron chi connectivity index (χ1n) is 8.30. The number of carbonyl (C=O) groups excluding carboxylic acids is 1. The lowest BCUT2D eigenvalue weighted by Crippen LogP contribution is -2.52. The number of halogens is 1. The third kappa shape index (κ3) is 4.46. The van der Waals surface area contributed by atoms with E-state index in [-0.39, 0.29) is 18.2 Å². The van der Waals surface area contributed by atoms with Crippen molar-refractivity contribution in [1.29, 1.82) is 0 Å². The van der Waals surface area contributed by atoms with Crippen molar-refractivity contribution in [3.8, 4) is 0 Å². The van der Waals surface area contributed by atoms with Gasteiger partial charge in [0, 0.05) is 30.5 Å². The van der Waals surface area contributed by atoms with Crippen LogP contribution in [0, 0.1) is 0 Å². The van der Waals surface area contributed by atoms with E-state index in [2.05, 4.69) is 15.3 Å². The Morgan fingerprint density at radius 3 is 2.96 bits per heavy atom. The van der Waals surface area contributed by atoms with Crippen molar-refractivity contribution < 1.29 is 9.53 Å². The molecule has 3 rings (SSSR count). The van der Waals surface area contributed by atoms with E-state index in [1.54, 1.807) is 12.4 Å². The maximum absolute atomic E-state index is 12.5. The normalized spacial score (nSPS) is 20.3. The van der Waals surface area contributed by atoms with Crippen LogP contribution in [0.4, 0.5) is 4.79 Å². The Bertz CT molecular complexity index is 713. The first-order chi connectivity index (χ1) is 12.1. The summed E-state index contributed by atoms with van der Waals surface area (Å²) in [5.41, 5.74) is 1.98. The number of nitrogens with one attached hydrogen (secondary N) is 1. The van der Waals surface area contributed by atoms with Crippen molar-refractivity contribution in [2.45, 2.75) is 25.5 Å². The molecule has 1 fully saturated rings. The highest BCUT2D eigenvalue weighted by Gasteiger charge is 2.32. The number of nitrogens with zero attached hydrogens (tertiary/aromatic N) is 3. The van der Waals surface area contributed by atoms with E-state index in [1.807, 2.05) is 36.1 Å². The van der Waals surface area contributed by atoms with Crippen LogP contribution in [0.5, 0.6) is 0 Å². The fourth-order valence-electron chi connectivity index (χ4n) is 3.00. The molecule has 0 saturated carbocycles. The van der Waals surface area contributed by atoms with E-state index in [0.717, 1.165) is 11.1 Å². The number of hydrogen-bond donors (Lipinski definition) is 1. The Morgan fingerprint density at radius 1 is 1.40 bits per heavy atom. The van der Waals surface area contributed by atoms with Gasteiger partial charge >= 0.3 is 6.03 Å². The van der Waals surface area contributed by atoms with Crippen molar-refractivity contribution >= 4 is 17.6 Å². The summed E-state index contributed by atoms with van der Waals surface area (Å²) in [7, 11) is 0. The average Bonchev–Trinajstić information content (AvgIpc) is 2.62. The molecule has 1 aromatic heterocycles. The van der Waals surface area contributed by atoms with Gasteiger partial charge in [0.2, 0.25) is 0 Å². The third-order valence-electron chi connectivity index (χ3n) is 4.30. The van der Waals surface area contributed by atoms with Gasteiger partial charge in [-0.2, -0.15) is 0 Å². The van der Waals surface area contributed by atoms with E-state index < -0.39 is 0 Å². The second kappa shape index (κ2) is 8.27. The molecular formula is C18H21ClN4O2. The van der Waals surface area contributed by atoms with E-state index in [1.165, 1.54) is 6.33 Å². The van der Waals surface area contributed by atoms with Gasteiger partial charge in [-0.1, -0.05) is 23.7 Å². The molecule has 132 valence electrons. The molecule has 0 unspecified atom stereocenters. The SMILES string of the molecule is C[C@@H]1[C@@H](c2cccc(Cl)c2)OCCN1C(=O)NCCc1cncnc1. The van der Waals surface area contributed by atoms with Crippen LogP contribution in [0.1, 0.15) is 24.2 Å². The van der Waals surface area contributed by atoms with E-state index >= 15 is 0 Å². The third-order valence-corrected chi connectivity index (χ3v) is 4.54. The molecule has 2 atom stereocenters. The summed E-state index contributed by atoms with van der Waals surface area (Å²) in [5.74, 6) is 0. The minimum absolute atomic E-state index is 0.0766. The summed E-state index contributed by atoms with van der Waals surface area (Å²) < 4.78 is 5.89. The number of carbonyl (C=O) groups is 1. The molecule has 1 aliphatic heterocycles. The Labute approximate surface area is 152 Å². The standard InChI is InChI=1S/C18H21ClN4O2/c1-13-17(15-3-2-4-16(19)9-15)25-8-7-23(13)18(24)22-6-5-14-10-20-12-21-11-14/h2-4,9-13,17H,5-8H2,1H3,(H,22,24)/t13-,17+/m1/s1. The molecule has 2 amide bonds. The Hall–Kier alpha value is -2.18. The molecule has 1 aromatic carbocycles. The quantitative estimate of drug-likeness (QED) is 0.910. The van der Waals surface area contributed by atoms with Gasteiger partial charge in [0.1, 0.15) is 12.4 Å².